The summed E-state index contributed by atoms with van der Waals surface area (Å²) in [6, 6.07) is 4.96. The monoisotopic (exact) mass is 414 g/mol. The van der Waals surface area contributed by atoms with Gasteiger partial charge in [-0.05, 0) is 37.5 Å². The lowest BCUT2D eigenvalue weighted by atomic mass is 9.98. The first kappa shape index (κ1) is 21.5. The molecule has 148 valence electrons. The summed E-state index contributed by atoms with van der Waals surface area (Å²) in [7, 11) is 1.58. The molecule has 2 amide bonds. The largest absolute Gasteiger partial charge is 0.466 e. The minimum Gasteiger partial charge on any atom is -0.466 e. The van der Waals surface area contributed by atoms with Gasteiger partial charge in [-0.25, -0.2) is 0 Å². The van der Waals surface area contributed by atoms with Crippen LogP contribution < -0.4 is 0 Å². The van der Waals surface area contributed by atoms with Gasteiger partial charge < -0.3 is 14.5 Å². The summed E-state index contributed by atoms with van der Waals surface area (Å²) >= 11 is 12.0. The van der Waals surface area contributed by atoms with Crippen LogP contribution >= 0.6 is 23.2 Å². The van der Waals surface area contributed by atoms with Gasteiger partial charge in [-0.15, -0.1) is 0 Å². The fourth-order valence-corrected chi connectivity index (χ4v) is 3.49. The molecule has 1 aromatic rings. The van der Waals surface area contributed by atoms with Gasteiger partial charge in [-0.1, -0.05) is 29.3 Å². The Morgan fingerprint density at radius 1 is 1.30 bits per heavy atom. The van der Waals surface area contributed by atoms with Crippen molar-refractivity contribution in [3.8, 4) is 0 Å². The number of piperidine rings is 1. The van der Waals surface area contributed by atoms with Gasteiger partial charge in [0.15, 0.2) is 0 Å². The average Bonchev–Trinajstić information content (AvgIpc) is 2.64. The Morgan fingerprint density at radius 2 is 2.04 bits per heavy atom. The third kappa shape index (κ3) is 6.11. The highest BCUT2D eigenvalue weighted by Crippen LogP contribution is 2.22. The smallest absolute Gasteiger partial charge is 0.310 e. The van der Waals surface area contributed by atoms with E-state index in [9.17, 15) is 14.4 Å². The number of nitrogens with zero attached hydrogens (tertiary/aromatic N) is 2. The number of amides is 2. The van der Waals surface area contributed by atoms with Crippen molar-refractivity contribution in [2.24, 2.45) is 5.92 Å². The van der Waals surface area contributed by atoms with Gasteiger partial charge >= 0.3 is 5.97 Å². The number of likely N-dealkylation sites (tertiary alicyclic amines) is 1. The number of rotatable bonds is 6. The van der Waals surface area contributed by atoms with Gasteiger partial charge in [0.2, 0.25) is 11.8 Å². The van der Waals surface area contributed by atoms with E-state index in [1.807, 2.05) is 0 Å². The number of hydrogen-bond donors (Lipinski definition) is 0. The molecule has 0 saturated carbocycles. The van der Waals surface area contributed by atoms with Crippen molar-refractivity contribution < 1.29 is 19.1 Å². The molecule has 1 aliphatic heterocycles. The van der Waals surface area contributed by atoms with Gasteiger partial charge in [-0.2, -0.15) is 0 Å². The predicted molar refractivity (Wildman–Crippen MR) is 104 cm³/mol. The number of hydrogen-bond acceptors (Lipinski definition) is 4. The summed E-state index contributed by atoms with van der Waals surface area (Å²) in [5.74, 6) is -0.957. The summed E-state index contributed by atoms with van der Waals surface area (Å²) in [6.07, 6.45) is 1.55. The van der Waals surface area contributed by atoms with E-state index in [-0.39, 0.29) is 36.7 Å². The molecule has 1 fully saturated rings. The molecular formula is C19H24Cl2N2O4. The van der Waals surface area contributed by atoms with E-state index in [1.165, 1.54) is 4.90 Å². The summed E-state index contributed by atoms with van der Waals surface area (Å²) < 4.78 is 5.05. The molecule has 1 saturated heterocycles. The maximum atomic E-state index is 12.5. The second-order valence-corrected chi connectivity index (χ2v) is 7.44. The van der Waals surface area contributed by atoms with Crippen molar-refractivity contribution in [3.63, 3.8) is 0 Å². The van der Waals surface area contributed by atoms with Crippen molar-refractivity contribution in [1.82, 2.24) is 9.80 Å². The lowest BCUT2D eigenvalue weighted by Crippen LogP contribution is -2.47. The second kappa shape index (κ2) is 9.95. The van der Waals surface area contributed by atoms with Crippen molar-refractivity contribution in [3.05, 3.63) is 33.8 Å². The highest BCUT2D eigenvalue weighted by atomic mass is 35.5. The standard InChI is InChI=1S/C19H24Cl2N2O4/c1-3-27-19(26)14-5-4-8-23(11-14)18(25)12-22(2)17(24)9-13-6-7-15(20)10-16(13)21/h6-7,10,14H,3-5,8-9,11-12H2,1-2H3. The highest BCUT2D eigenvalue weighted by molar-refractivity contribution is 6.35. The minimum atomic E-state index is -0.295. The molecule has 6 nitrogen and oxygen atoms in total. The van der Waals surface area contributed by atoms with Crippen LogP contribution in [0.25, 0.3) is 0 Å². The molecule has 0 aliphatic carbocycles. The molecule has 27 heavy (non-hydrogen) atoms. The van der Waals surface area contributed by atoms with Gasteiger partial charge in [0.05, 0.1) is 25.5 Å². The maximum Gasteiger partial charge on any atom is 0.310 e. The zero-order chi connectivity index (χ0) is 20.0. The van der Waals surface area contributed by atoms with Crippen LogP contribution in [0.4, 0.5) is 0 Å². The number of ether oxygens (including phenoxy) is 1. The van der Waals surface area contributed by atoms with E-state index < -0.39 is 0 Å². The molecule has 0 aromatic heterocycles. The van der Waals surface area contributed by atoms with E-state index in [0.29, 0.717) is 41.7 Å². The van der Waals surface area contributed by atoms with Crippen LogP contribution in [-0.2, 0) is 25.5 Å². The molecule has 0 spiro atoms. The summed E-state index contributed by atoms with van der Waals surface area (Å²) in [5, 5.41) is 0.921. The van der Waals surface area contributed by atoms with Gasteiger partial charge in [0.1, 0.15) is 0 Å². The number of likely N-dealkylation sites (N-methyl/N-ethyl adjacent to an activating group) is 1. The maximum absolute atomic E-state index is 12.5. The Kier molecular flexibility index (Phi) is 7.92. The molecule has 1 aliphatic rings. The van der Waals surface area contributed by atoms with Gasteiger partial charge in [0, 0.05) is 30.2 Å². The number of halogens is 2. The Bertz CT molecular complexity index is 711. The van der Waals surface area contributed by atoms with Gasteiger partial charge in [0.25, 0.3) is 0 Å². The number of benzene rings is 1. The molecule has 0 radical (unpaired) electrons. The molecular weight excluding hydrogens is 391 g/mol. The van der Waals surface area contributed by atoms with Crippen LogP contribution in [0.5, 0.6) is 0 Å². The van der Waals surface area contributed by atoms with Crippen LogP contribution in [0.15, 0.2) is 18.2 Å². The van der Waals surface area contributed by atoms with Crippen LogP contribution in [0.2, 0.25) is 10.0 Å². The van der Waals surface area contributed by atoms with Gasteiger partial charge in [-0.3, -0.25) is 14.4 Å². The van der Waals surface area contributed by atoms with E-state index in [1.54, 1.807) is 37.1 Å². The topological polar surface area (TPSA) is 66.9 Å². The molecule has 1 heterocycles. The molecule has 1 aromatic carbocycles. The Balaban J connectivity index is 1.90. The van der Waals surface area contributed by atoms with E-state index >= 15 is 0 Å². The lowest BCUT2D eigenvalue weighted by Gasteiger charge is -2.32. The second-order valence-electron chi connectivity index (χ2n) is 6.59. The normalized spacial score (nSPS) is 16.7. The molecule has 0 bridgehead atoms. The lowest BCUT2D eigenvalue weighted by molar-refractivity contribution is -0.152. The van der Waals surface area contributed by atoms with E-state index in [2.05, 4.69) is 0 Å². The van der Waals surface area contributed by atoms with Crippen LogP contribution in [0.1, 0.15) is 25.3 Å². The molecule has 1 atom stereocenters. The van der Waals surface area contributed by atoms with Crippen molar-refractivity contribution in [2.45, 2.75) is 26.2 Å². The number of esters is 1. The summed E-state index contributed by atoms with van der Waals surface area (Å²) in [6.45, 7) is 2.97. The van der Waals surface area contributed by atoms with Crippen molar-refractivity contribution in [2.75, 3.05) is 33.3 Å². The summed E-state index contributed by atoms with van der Waals surface area (Å²) in [4.78, 5) is 39.9. The Labute approximate surface area is 169 Å². The summed E-state index contributed by atoms with van der Waals surface area (Å²) in [5.41, 5.74) is 0.658. The Morgan fingerprint density at radius 3 is 2.70 bits per heavy atom. The van der Waals surface area contributed by atoms with Crippen LogP contribution in [-0.4, -0.2) is 60.9 Å². The first-order valence-corrected chi connectivity index (χ1v) is 9.69. The molecule has 1 unspecified atom stereocenters. The van der Waals surface area contributed by atoms with Crippen LogP contribution in [0, 0.1) is 5.92 Å². The molecule has 0 N–H and O–H groups in total. The average molecular weight is 415 g/mol. The van der Waals surface area contributed by atoms with Crippen molar-refractivity contribution in [1.29, 1.82) is 0 Å². The highest BCUT2D eigenvalue weighted by Gasteiger charge is 2.30. The molecule has 2 rings (SSSR count). The van der Waals surface area contributed by atoms with Crippen molar-refractivity contribution >= 4 is 41.0 Å². The zero-order valence-corrected chi connectivity index (χ0v) is 17.1. The number of carbonyl (C=O) groups is 3. The third-order valence-corrected chi connectivity index (χ3v) is 5.14. The SMILES string of the molecule is CCOC(=O)C1CCCN(C(=O)CN(C)C(=O)Cc2ccc(Cl)cc2Cl)C1. The fourth-order valence-electron chi connectivity index (χ4n) is 3.01. The minimum absolute atomic E-state index is 0.0421. The van der Waals surface area contributed by atoms with E-state index in [0.717, 1.165) is 6.42 Å². The first-order valence-electron chi connectivity index (χ1n) is 8.94. The quantitative estimate of drug-likeness (QED) is 0.671. The van der Waals surface area contributed by atoms with Crippen LogP contribution in [0.3, 0.4) is 0 Å². The Hall–Kier alpha value is -1.79. The predicted octanol–water partition coefficient (Wildman–Crippen LogP) is 2.80. The third-order valence-electron chi connectivity index (χ3n) is 4.55. The fraction of sp³-hybridized carbons (Fsp3) is 0.526. The number of carbonyl (C=O) groups excluding carboxylic acids is 3. The first-order chi connectivity index (χ1) is 12.8. The zero-order valence-electron chi connectivity index (χ0n) is 15.5. The molecule has 8 heteroatoms. The van der Waals surface area contributed by atoms with E-state index in [4.69, 9.17) is 27.9 Å².